The molecule has 0 saturated carbocycles. The minimum absolute atomic E-state index is 0.148. The van der Waals surface area contributed by atoms with Gasteiger partial charge in [-0.05, 0) is 54.6 Å². The largest absolute Gasteiger partial charge is 0.497 e. The van der Waals surface area contributed by atoms with Crippen LogP contribution >= 0.6 is 11.3 Å². The molecule has 3 heterocycles. The molecule has 3 aromatic heterocycles. The van der Waals surface area contributed by atoms with E-state index >= 15 is 0 Å². The van der Waals surface area contributed by atoms with E-state index in [2.05, 4.69) is 20.4 Å². The number of nitrogens with one attached hydrogen (secondary N) is 1. The minimum atomic E-state index is -0.564. The maximum Gasteiger partial charge on any atom is 0.324 e. The highest BCUT2D eigenvalue weighted by Crippen LogP contribution is 2.29. The van der Waals surface area contributed by atoms with Gasteiger partial charge in [0.15, 0.2) is 11.5 Å². The third-order valence-corrected chi connectivity index (χ3v) is 6.11. The smallest absolute Gasteiger partial charge is 0.324 e. The number of methoxy groups -OCH3 is 1. The number of anilines is 1. The van der Waals surface area contributed by atoms with E-state index in [1.165, 1.54) is 42.6 Å². The van der Waals surface area contributed by atoms with Crippen LogP contribution in [-0.2, 0) is 0 Å². The summed E-state index contributed by atoms with van der Waals surface area (Å²) >= 11 is 0.753. The standard InChI is InChI=1S/C23H15FN6O4S/c1-34-16-8-6-15(7-9-16)29-22-17(12-25-29)21(26-20(27-22)13-2-4-14(24)5-3-13)28-23(31)18-10-11-19(35-18)30(32)33/h2-12H,1H3,(H,26,27,28,31). The lowest BCUT2D eigenvalue weighted by atomic mass is 10.2. The van der Waals surface area contributed by atoms with Crippen LogP contribution in [0.15, 0.2) is 66.9 Å². The van der Waals surface area contributed by atoms with Crippen LogP contribution in [0.4, 0.5) is 15.2 Å². The molecule has 12 heteroatoms. The Morgan fingerprint density at radius 1 is 1.09 bits per heavy atom. The summed E-state index contributed by atoms with van der Waals surface area (Å²) < 4.78 is 20.3. The van der Waals surface area contributed by atoms with Crippen molar-refractivity contribution in [1.82, 2.24) is 19.7 Å². The molecule has 0 aliphatic rings. The van der Waals surface area contributed by atoms with Gasteiger partial charge in [0.05, 0.1) is 34.2 Å². The lowest BCUT2D eigenvalue weighted by Crippen LogP contribution is -2.12. The second-order valence-electron chi connectivity index (χ2n) is 7.24. The van der Waals surface area contributed by atoms with Gasteiger partial charge in [-0.25, -0.2) is 19.0 Å². The van der Waals surface area contributed by atoms with E-state index in [-0.39, 0.29) is 21.5 Å². The quantitative estimate of drug-likeness (QED) is 0.266. The van der Waals surface area contributed by atoms with Gasteiger partial charge in [-0.3, -0.25) is 14.9 Å². The number of amides is 1. The fraction of sp³-hybridized carbons (Fsp3) is 0.0435. The molecular weight excluding hydrogens is 475 g/mol. The van der Waals surface area contributed by atoms with E-state index in [0.717, 1.165) is 11.3 Å². The predicted octanol–water partition coefficient (Wildman–Crippen LogP) is 4.85. The van der Waals surface area contributed by atoms with Crippen molar-refractivity contribution >= 4 is 39.1 Å². The SMILES string of the molecule is COc1ccc(-n2ncc3c(NC(=O)c4ccc([N+](=O)[O-])s4)nc(-c4ccc(F)cc4)nc32)cc1. The van der Waals surface area contributed by atoms with Gasteiger partial charge in [0.1, 0.15) is 17.4 Å². The highest BCUT2D eigenvalue weighted by molar-refractivity contribution is 7.17. The van der Waals surface area contributed by atoms with Gasteiger partial charge in [0.25, 0.3) is 5.91 Å². The second kappa shape index (κ2) is 8.91. The number of carbonyl (C=O) groups excluding carboxylic acids is 1. The molecule has 0 aliphatic heterocycles. The van der Waals surface area contributed by atoms with Crippen LogP contribution in [0, 0.1) is 15.9 Å². The maximum atomic E-state index is 13.5. The van der Waals surface area contributed by atoms with Crippen molar-refractivity contribution in [2.75, 3.05) is 12.4 Å². The number of benzene rings is 2. The van der Waals surface area contributed by atoms with Crippen molar-refractivity contribution in [1.29, 1.82) is 0 Å². The summed E-state index contributed by atoms with van der Waals surface area (Å²) in [7, 11) is 1.57. The number of hydrogen-bond donors (Lipinski definition) is 1. The molecular formula is C23H15FN6O4S. The van der Waals surface area contributed by atoms with E-state index in [4.69, 9.17) is 4.74 Å². The van der Waals surface area contributed by atoms with Crippen LogP contribution in [0.25, 0.3) is 28.1 Å². The third kappa shape index (κ3) is 4.29. The van der Waals surface area contributed by atoms with Gasteiger partial charge in [0, 0.05) is 11.6 Å². The van der Waals surface area contributed by atoms with Gasteiger partial charge in [-0.2, -0.15) is 5.10 Å². The first-order valence-electron chi connectivity index (χ1n) is 10.1. The molecule has 0 fully saturated rings. The Bertz CT molecular complexity index is 1560. The Morgan fingerprint density at radius 2 is 1.83 bits per heavy atom. The average Bonchev–Trinajstić information content (AvgIpc) is 3.53. The number of ether oxygens (including phenoxy) is 1. The zero-order valence-corrected chi connectivity index (χ0v) is 18.8. The molecule has 174 valence electrons. The average molecular weight is 490 g/mol. The lowest BCUT2D eigenvalue weighted by Gasteiger charge is -2.09. The molecule has 35 heavy (non-hydrogen) atoms. The van der Waals surface area contributed by atoms with Crippen LogP contribution in [0.1, 0.15) is 9.67 Å². The van der Waals surface area contributed by atoms with Crippen LogP contribution in [0.3, 0.4) is 0 Å². The van der Waals surface area contributed by atoms with Crippen LogP contribution in [0.2, 0.25) is 0 Å². The normalized spacial score (nSPS) is 10.9. The predicted molar refractivity (Wildman–Crippen MR) is 128 cm³/mol. The maximum absolute atomic E-state index is 13.5. The van der Waals surface area contributed by atoms with E-state index in [1.54, 1.807) is 36.1 Å². The Balaban J connectivity index is 1.62. The highest BCUT2D eigenvalue weighted by Gasteiger charge is 2.20. The lowest BCUT2D eigenvalue weighted by molar-refractivity contribution is -0.380. The molecule has 1 N–H and O–H groups in total. The number of nitrogens with zero attached hydrogens (tertiary/aromatic N) is 5. The zero-order valence-electron chi connectivity index (χ0n) is 18.0. The summed E-state index contributed by atoms with van der Waals surface area (Å²) in [5.41, 5.74) is 1.62. The Hall–Kier alpha value is -4.71. The topological polar surface area (TPSA) is 125 Å². The van der Waals surface area contributed by atoms with Crippen molar-refractivity contribution < 1.29 is 18.8 Å². The van der Waals surface area contributed by atoms with Crippen molar-refractivity contribution in [2.24, 2.45) is 0 Å². The summed E-state index contributed by atoms with van der Waals surface area (Å²) in [5.74, 6) is 0.0940. The second-order valence-corrected chi connectivity index (χ2v) is 8.31. The van der Waals surface area contributed by atoms with E-state index in [1.807, 2.05) is 0 Å². The summed E-state index contributed by atoms with van der Waals surface area (Å²) in [4.78, 5) is 32.5. The number of nitro groups is 1. The number of fused-ring (bicyclic) bond motifs is 1. The summed E-state index contributed by atoms with van der Waals surface area (Å²) in [6.45, 7) is 0. The molecule has 0 saturated heterocycles. The molecule has 1 amide bonds. The van der Waals surface area contributed by atoms with Gasteiger partial charge in [-0.15, -0.1) is 0 Å². The van der Waals surface area contributed by atoms with Crippen molar-refractivity contribution in [3.8, 4) is 22.8 Å². The molecule has 0 spiro atoms. The number of halogens is 1. The first-order valence-corrected chi connectivity index (χ1v) is 11.0. The van der Waals surface area contributed by atoms with Crippen LogP contribution < -0.4 is 10.1 Å². The third-order valence-electron chi connectivity index (χ3n) is 5.08. The molecule has 2 aromatic carbocycles. The fourth-order valence-electron chi connectivity index (χ4n) is 3.36. The molecule has 0 radical (unpaired) electrons. The molecule has 5 rings (SSSR count). The summed E-state index contributed by atoms with van der Waals surface area (Å²) in [6.07, 6.45) is 1.51. The first kappa shape index (κ1) is 22.1. The van der Waals surface area contributed by atoms with Gasteiger partial charge in [-0.1, -0.05) is 11.3 Å². The van der Waals surface area contributed by atoms with Crippen LogP contribution in [0.5, 0.6) is 5.75 Å². The van der Waals surface area contributed by atoms with Crippen molar-refractivity contribution in [3.63, 3.8) is 0 Å². The number of thiophene rings is 1. The molecule has 5 aromatic rings. The van der Waals surface area contributed by atoms with Crippen molar-refractivity contribution in [2.45, 2.75) is 0 Å². The van der Waals surface area contributed by atoms with Crippen molar-refractivity contribution in [3.05, 3.63) is 87.7 Å². The summed E-state index contributed by atoms with van der Waals surface area (Å²) in [6, 6.07) is 15.4. The Kier molecular flexibility index (Phi) is 5.63. The Labute approximate surface area is 200 Å². The number of carbonyl (C=O) groups is 1. The van der Waals surface area contributed by atoms with E-state index in [0.29, 0.717) is 28.0 Å². The zero-order chi connectivity index (χ0) is 24.5. The monoisotopic (exact) mass is 490 g/mol. The molecule has 10 nitrogen and oxygen atoms in total. The molecule has 0 bridgehead atoms. The van der Waals surface area contributed by atoms with E-state index < -0.39 is 16.6 Å². The number of aromatic nitrogens is 4. The number of hydrogen-bond acceptors (Lipinski definition) is 8. The summed E-state index contributed by atoms with van der Waals surface area (Å²) in [5, 5.41) is 18.4. The van der Waals surface area contributed by atoms with E-state index in [9.17, 15) is 19.3 Å². The fourth-order valence-corrected chi connectivity index (χ4v) is 4.08. The molecule has 0 unspecified atom stereocenters. The minimum Gasteiger partial charge on any atom is -0.497 e. The van der Waals surface area contributed by atoms with Gasteiger partial charge < -0.3 is 10.1 Å². The Morgan fingerprint density at radius 3 is 2.49 bits per heavy atom. The van der Waals surface area contributed by atoms with Gasteiger partial charge in [0.2, 0.25) is 0 Å². The molecule has 0 atom stereocenters. The number of rotatable bonds is 6. The highest BCUT2D eigenvalue weighted by atomic mass is 32.1. The molecule has 0 aliphatic carbocycles. The first-order chi connectivity index (χ1) is 16.9. The van der Waals surface area contributed by atoms with Crippen LogP contribution in [-0.4, -0.2) is 37.7 Å². The van der Waals surface area contributed by atoms with Gasteiger partial charge >= 0.3 is 5.00 Å².